The van der Waals surface area contributed by atoms with Crippen LogP contribution in [0.1, 0.15) is 45.7 Å². The molecule has 0 saturated carbocycles. The lowest BCUT2D eigenvalue weighted by Gasteiger charge is -2.40. The van der Waals surface area contributed by atoms with Crippen molar-refractivity contribution in [2.75, 3.05) is 13.2 Å². The van der Waals surface area contributed by atoms with E-state index in [9.17, 15) is 19.6 Å². The van der Waals surface area contributed by atoms with Crippen LogP contribution in [0.5, 0.6) is 11.5 Å². The first-order valence-electron chi connectivity index (χ1n) is 11.4. The standard InChI is InChI=1S/C28H24N2O6/c1-3-34-27(33)30-15-14-21-16-23(35-25(31)19-10-6-4-7-11-19)24(17-22(21)28(30,2)18-29)36-26(32)20-12-8-5-9-13-20/h4-13,16-17H,3,14-15H2,1-2H3/t28-/m1/s1. The third kappa shape index (κ3) is 4.77. The molecule has 0 fully saturated rings. The number of fused-ring (bicyclic) bond motifs is 1. The van der Waals surface area contributed by atoms with Crippen LogP contribution in [-0.2, 0) is 16.7 Å². The smallest absolute Gasteiger partial charge is 0.411 e. The molecule has 1 aliphatic rings. The van der Waals surface area contributed by atoms with E-state index in [-0.39, 0.29) is 24.7 Å². The summed E-state index contributed by atoms with van der Waals surface area (Å²) in [5.74, 6) is -1.29. The average molecular weight is 485 g/mol. The molecule has 0 radical (unpaired) electrons. The first-order chi connectivity index (χ1) is 17.4. The summed E-state index contributed by atoms with van der Waals surface area (Å²) in [6, 6.07) is 22.0. The first kappa shape index (κ1) is 24.5. The summed E-state index contributed by atoms with van der Waals surface area (Å²) in [5.41, 5.74) is 0.378. The Morgan fingerprint density at radius 3 is 1.94 bits per heavy atom. The van der Waals surface area contributed by atoms with E-state index in [1.54, 1.807) is 80.6 Å². The Kier molecular flexibility index (Phi) is 7.02. The quantitative estimate of drug-likeness (QED) is 0.375. The van der Waals surface area contributed by atoms with E-state index in [2.05, 4.69) is 6.07 Å². The number of rotatable bonds is 5. The first-order valence-corrected chi connectivity index (χ1v) is 11.4. The van der Waals surface area contributed by atoms with Gasteiger partial charge in [0.15, 0.2) is 17.0 Å². The van der Waals surface area contributed by atoms with Crippen LogP contribution in [0, 0.1) is 11.3 Å². The SMILES string of the molecule is CCOC(=O)N1CCc2cc(OC(=O)c3ccccc3)c(OC(=O)c3ccccc3)cc2[C@@]1(C)C#N. The van der Waals surface area contributed by atoms with E-state index < -0.39 is 23.6 Å². The van der Waals surface area contributed by atoms with Crippen LogP contribution in [0.3, 0.4) is 0 Å². The van der Waals surface area contributed by atoms with Crippen molar-refractivity contribution in [3.63, 3.8) is 0 Å². The lowest BCUT2D eigenvalue weighted by Crippen LogP contribution is -2.51. The molecular formula is C28H24N2O6. The summed E-state index contributed by atoms with van der Waals surface area (Å²) in [6.45, 7) is 3.68. The molecule has 0 unspecified atom stereocenters. The van der Waals surface area contributed by atoms with Crippen molar-refractivity contribution >= 4 is 18.0 Å². The number of nitrogens with zero attached hydrogens (tertiary/aromatic N) is 2. The van der Waals surface area contributed by atoms with Crippen molar-refractivity contribution in [1.29, 1.82) is 5.26 Å². The van der Waals surface area contributed by atoms with Gasteiger partial charge in [-0.3, -0.25) is 4.90 Å². The van der Waals surface area contributed by atoms with Crippen molar-refractivity contribution in [3.8, 4) is 17.6 Å². The number of ether oxygens (including phenoxy) is 3. The van der Waals surface area contributed by atoms with Crippen LogP contribution in [0.2, 0.25) is 0 Å². The van der Waals surface area contributed by atoms with Crippen LogP contribution < -0.4 is 9.47 Å². The molecule has 3 aromatic rings. The topological polar surface area (TPSA) is 106 Å². The van der Waals surface area contributed by atoms with Gasteiger partial charge in [0.05, 0.1) is 23.8 Å². The van der Waals surface area contributed by atoms with E-state index >= 15 is 0 Å². The molecule has 8 heteroatoms. The maximum Gasteiger partial charge on any atom is 0.411 e. The third-order valence-electron chi connectivity index (χ3n) is 5.97. The van der Waals surface area contributed by atoms with Crippen LogP contribution in [-0.4, -0.2) is 36.1 Å². The molecule has 4 rings (SSSR count). The summed E-state index contributed by atoms with van der Waals surface area (Å²) in [6.07, 6.45) is -0.233. The Morgan fingerprint density at radius 1 is 0.917 bits per heavy atom. The van der Waals surface area contributed by atoms with Gasteiger partial charge in [-0.2, -0.15) is 5.26 Å². The highest BCUT2D eigenvalue weighted by molar-refractivity contribution is 5.93. The number of amides is 1. The average Bonchev–Trinajstić information content (AvgIpc) is 2.90. The zero-order valence-electron chi connectivity index (χ0n) is 19.9. The molecule has 1 amide bonds. The molecule has 1 atom stereocenters. The van der Waals surface area contributed by atoms with Gasteiger partial charge in [-0.15, -0.1) is 0 Å². The Bertz CT molecular complexity index is 1330. The van der Waals surface area contributed by atoms with Gasteiger partial charge >= 0.3 is 18.0 Å². The molecule has 0 spiro atoms. The Balaban J connectivity index is 1.78. The van der Waals surface area contributed by atoms with Crippen LogP contribution >= 0.6 is 0 Å². The molecule has 36 heavy (non-hydrogen) atoms. The number of hydrogen-bond donors (Lipinski definition) is 0. The highest BCUT2D eigenvalue weighted by Gasteiger charge is 2.43. The van der Waals surface area contributed by atoms with Crippen LogP contribution in [0.25, 0.3) is 0 Å². The minimum atomic E-state index is -1.39. The predicted octanol–water partition coefficient (Wildman–Crippen LogP) is 4.88. The predicted molar refractivity (Wildman–Crippen MR) is 130 cm³/mol. The normalized spacial score (nSPS) is 16.3. The van der Waals surface area contributed by atoms with Gasteiger partial charge in [0.25, 0.3) is 0 Å². The highest BCUT2D eigenvalue weighted by Crippen LogP contribution is 2.42. The molecule has 0 aromatic heterocycles. The fourth-order valence-corrected chi connectivity index (χ4v) is 4.08. The van der Waals surface area contributed by atoms with Gasteiger partial charge in [0.1, 0.15) is 0 Å². The molecular weight excluding hydrogens is 460 g/mol. The fourth-order valence-electron chi connectivity index (χ4n) is 4.08. The van der Waals surface area contributed by atoms with Gasteiger partial charge in [0.2, 0.25) is 0 Å². The zero-order valence-corrected chi connectivity index (χ0v) is 19.9. The van der Waals surface area contributed by atoms with Gasteiger partial charge in [0, 0.05) is 6.54 Å². The molecule has 0 saturated heterocycles. The minimum absolute atomic E-state index is 0.0387. The molecule has 182 valence electrons. The van der Waals surface area contributed by atoms with E-state index in [1.807, 2.05) is 0 Å². The maximum absolute atomic E-state index is 12.9. The number of carbonyl (C=O) groups is 3. The molecule has 0 N–H and O–H groups in total. The van der Waals surface area contributed by atoms with E-state index in [0.29, 0.717) is 28.7 Å². The largest absolute Gasteiger partial charge is 0.450 e. The number of esters is 2. The summed E-state index contributed by atoms with van der Waals surface area (Å²) >= 11 is 0. The van der Waals surface area contributed by atoms with Crippen molar-refractivity contribution < 1.29 is 28.6 Å². The van der Waals surface area contributed by atoms with E-state index in [0.717, 1.165) is 0 Å². The number of benzene rings is 3. The zero-order chi connectivity index (χ0) is 25.7. The lowest BCUT2D eigenvalue weighted by atomic mass is 9.83. The Morgan fingerprint density at radius 2 is 1.44 bits per heavy atom. The maximum atomic E-state index is 12.9. The minimum Gasteiger partial charge on any atom is -0.450 e. The second-order valence-electron chi connectivity index (χ2n) is 8.25. The van der Waals surface area contributed by atoms with Crippen molar-refractivity contribution in [2.45, 2.75) is 25.8 Å². The van der Waals surface area contributed by atoms with Crippen molar-refractivity contribution in [1.82, 2.24) is 4.90 Å². The van der Waals surface area contributed by atoms with Crippen LogP contribution in [0.15, 0.2) is 72.8 Å². The van der Waals surface area contributed by atoms with Crippen LogP contribution in [0.4, 0.5) is 4.79 Å². The molecule has 0 aliphatic carbocycles. The van der Waals surface area contributed by atoms with Crippen molar-refractivity contribution in [3.05, 3.63) is 95.1 Å². The van der Waals surface area contributed by atoms with Gasteiger partial charge < -0.3 is 14.2 Å². The molecule has 1 aliphatic heterocycles. The van der Waals surface area contributed by atoms with E-state index in [4.69, 9.17) is 14.2 Å². The molecule has 0 bridgehead atoms. The number of hydrogen-bond acceptors (Lipinski definition) is 7. The monoisotopic (exact) mass is 484 g/mol. The lowest BCUT2D eigenvalue weighted by molar-refractivity contribution is 0.0670. The Hall–Kier alpha value is -4.64. The van der Waals surface area contributed by atoms with Gasteiger partial charge in [-0.05, 0) is 67.8 Å². The second kappa shape index (κ2) is 10.3. The third-order valence-corrected chi connectivity index (χ3v) is 5.97. The summed E-state index contributed by atoms with van der Waals surface area (Å²) < 4.78 is 16.5. The number of nitriles is 1. The van der Waals surface area contributed by atoms with Crippen molar-refractivity contribution in [2.24, 2.45) is 0 Å². The summed E-state index contributed by atoms with van der Waals surface area (Å²) in [7, 11) is 0. The summed E-state index contributed by atoms with van der Waals surface area (Å²) in [4.78, 5) is 39.6. The van der Waals surface area contributed by atoms with Gasteiger partial charge in [-0.25, -0.2) is 14.4 Å². The Labute approximate surface area is 208 Å². The molecule has 3 aromatic carbocycles. The molecule has 1 heterocycles. The molecule has 8 nitrogen and oxygen atoms in total. The van der Waals surface area contributed by atoms with E-state index in [1.165, 1.54) is 11.0 Å². The highest BCUT2D eigenvalue weighted by atomic mass is 16.6. The fraction of sp³-hybridized carbons (Fsp3) is 0.214. The summed E-state index contributed by atoms with van der Waals surface area (Å²) in [5, 5.41) is 10.1. The second-order valence-corrected chi connectivity index (χ2v) is 8.25. The van der Waals surface area contributed by atoms with Gasteiger partial charge in [-0.1, -0.05) is 36.4 Å². The number of carbonyl (C=O) groups excluding carboxylic acids is 3.